The second-order valence-corrected chi connectivity index (χ2v) is 12.8. The number of hydrogen-bond donors (Lipinski definition) is 2. The zero-order valence-corrected chi connectivity index (χ0v) is 22.0. The van der Waals surface area contributed by atoms with Crippen molar-refractivity contribution >= 4 is 16.7 Å². The molecule has 2 aromatic rings. The highest BCUT2D eigenvalue weighted by molar-refractivity contribution is 5.89. The van der Waals surface area contributed by atoms with Gasteiger partial charge in [0.15, 0.2) is 0 Å². The molecule has 0 saturated heterocycles. The summed E-state index contributed by atoms with van der Waals surface area (Å²) in [7, 11) is 0. The van der Waals surface area contributed by atoms with E-state index in [4.69, 9.17) is 4.74 Å². The molecule has 0 heterocycles. The number of carboxylic acids is 1. The molecule has 3 saturated carbocycles. The van der Waals surface area contributed by atoms with E-state index in [1.807, 2.05) is 0 Å². The number of carboxylic acid groups (broad SMARTS) is 1. The van der Waals surface area contributed by atoms with E-state index in [0.29, 0.717) is 37.1 Å². The summed E-state index contributed by atoms with van der Waals surface area (Å²) in [5.74, 6) is -0.225. The van der Waals surface area contributed by atoms with Gasteiger partial charge in [0, 0.05) is 12.1 Å². The number of hydrogen-bond acceptors (Lipinski definition) is 3. The Morgan fingerprint density at radius 1 is 1.03 bits per heavy atom. The van der Waals surface area contributed by atoms with Crippen LogP contribution in [0.25, 0.3) is 10.8 Å². The quantitative estimate of drug-likeness (QED) is 0.412. The number of fused-ring (bicyclic) bond motifs is 3. The van der Waals surface area contributed by atoms with Crippen LogP contribution in [-0.2, 0) is 17.5 Å². The Morgan fingerprint density at radius 2 is 1.70 bits per heavy atom. The number of carbonyl (C=O) groups is 1. The topological polar surface area (TPSA) is 58.6 Å². The molecule has 4 nitrogen and oxygen atoms in total. The summed E-state index contributed by atoms with van der Waals surface area (Å²) in [5, 5.41) is 13.9. The summed E-state index contributed by atoms with van der Waals surface area (Å²) in [6.07, 6.45) is 2.39. The van der Waals surface area contributed by atoms with Crippen molar-refractivity contribution < 1.29 is 27.8 Å². The molecule has 7 heteroatoms. The van der Waals surface area contributed by atoms with Crippen molar-refractivity contribution in [2.75, 3.05) is 0 Å². The van der Waals surface area contributed by atoms with Gasteiger partial charge in [-0.1, -0.05) is 39.0 Å². The molecule has 0 amide bonds. The molecule has 2 aromatic carbocycles. The van der Waals surface area contributed by atoms with Crippen molar-refractivity contribution in [2.24, 2.45) is 16.7 Å². The first kappa shape index (κ1) is 26.3. The minimum atomic E-state index is -4.52. The van der Waals surface area contributed by atoms with E-state index in [2.05, 4.69) is 26.1 Å². The van der Waals surface area contributed by atoms with Gasteiger partial charge >= 0.3 is 12.1 Å². The van der Waals surface area contributed by atoms with E-state index in [0.717, 1.165) is 44.1 Å². The predicted octanol–water partition coefficient (Wildman–Crippen LogP) is 7.72. The molecule has 3 fully saturated rings. The Hall–Kier alpha value is -2.28. The van der Waals surface area contributed by atoms with Crippen molar-refractivity contribution in [3.63, 3.8) is 0 Å². The van der Waals surface area contributed by atoms with E-state index >= 15 is 0 Å². The maximum atomic E-state index is 14.3. The maximum absolute atomic E-state index is 14.3. The van der Waals surface area contributed by atoms with Crippen molar-refractivity contribution in [1.29, 1.82) is 0 Å². The molecule has 5 rings (SSSR count). The lowest BCUT2D eigenvalue weighted by atomic mass is 9.72. The summed E-state index contributed by atoms with van der Waals surface area (Å²) in [5.41, 5.74) is -0.400. The highest BCUT2D eigenvalue weighted by Gasteiger charge is 2.58. The van der Waals surface area contributed by atoms with Crippen LogP contribution in [0, 0.1) is 16.7 Å². The minimum absolute atomic E-state index is 0.0779. The van der Waals surface area contributed by atoms with Crippen LogP contribution in [0.1, 0.15) is 89.7 Å². The second-order valence-electron chi connectivity index (χ2n) is 12.8. The van der Waals surface area contributed by atoms with E-state index in [1.54, 1.807) is 24.3 Å². The van der Waals surface area contributed by atoms with Gasteiger partial charge in [0.2, 0.25) is 0 Å². The zero-order valence-electron chi connectivity index (χ0n) is 22.0. The number of rotatable bonds is 6. The Labute approximate surface area is 217 Å². The second kappa shape index (κ2) is 9.18. The molecule has 3 aliphatic carbocycles. The van der Waals surface area contributed by atoms with Gasteiger partial charge < -0.3 is 15.2 Å². The van der Waals surface area contributed by atoms with Crippen molar-refractivity contribution in [3.05, 3.63) is 41.5 Å². The summed E-state index contributed by atoms with van der Waals surface area (Å²) in [6.45, 7) is 7.16. The van der Waals surface area contributed by atoms with Crippen LogP contribution >= 0.6 is 0 Å². The first-order valence-corrected chi connectivity index (χ1v) is 13.6. The van der Waals surface area contributed by atoms with Gasteiger partial charge in [-0.3, -0.25) is 4.79 Å². The molecule has 2 N–H and O–H groups in total. The molecule has 37 heavy (non-hydrogen) atoms. The number of nitrogens with one attached hydrogen (secondary N) is 1. The Kier molecular flexibility index (Phi) is 6.53. The highest BCUT2D eigenvalue weighted by atomic mass is 19.4. The Morgan fingerprint density at radius 3 is 2.27 bits per heavy atom. The summed E-state index contributed by atoms with van der Waals surface area (Å²) < 4.78 is 48.8. The Bertz CT molecular complexity index is 1170. The Balaban J connectivity index is 1.32. The highest BCUT2D eigenvalue weighted by Crippen LogP contribution is 2.56. The third kappa shape index (κ3) is 5.08. The van der Waals surface area contributed by atoms with Crippen molar-refractivity contribution in [1.82, 2.24) is 5.32 Å². The van der Waals surface area contributed by atoms with Crippen LogP contribution in [0.4, 0.5) is 13.2 Å². The maximum Gasteiger partial charge on any atom is 0.420 e. The standard InChI is InChI=1S/C30H38F3NO3/c1-27(2,3)21-6-8-22(9-7-21)37-24-11-5-20-16-19(4-10-23(20)25(24)30(31,32)33)17-34-29-14-12-28(18-29,13-15-29)26(35)36/h4-5,10-11,16,21-22,34H,6-9,12-15,17-18H2,1-3H3,(H,35,36). The molecule has 0 unspecified atom stereocenters. The third-order valence-corrected chi connectivity index (χ3v) is 9.48. The molecule has 0 aliphatic heterocycles. The monoisotopic (exact) mass is 517 g/mol. The fourth-order valence-corrected chi connectivity index (χ4v) is 7.11. The largest absolute Gasteiger partial charge is 0.490 e. The molecule has 3 aliphatic rings. The third-order valence-electron chi connectivity index (χ3n) is 9.48. The first-order chi connectivity index (χ1) is 17.3. The van der Waals surface area contributed by atoms with Crippen LogP contribution < -0.4 is 10.1 Å². The summed E-state index contributed by atoms with van der Waals surface area (Å²) in [6, 6.07) is 8.31. The normalized spacial score (nSPS) is 30.1. The van der Waals surface area contributed by atoms with Gasteiger partial charge in [-0.15, -0.1) is 0 Å². The fourth-order valence-electron chi connectivity index (χ4n) is 7.11. The first-order valence-electron chi connectivity index (χ1n) is 13.6. The van der Waals surface area contributed by atoms with Crippen LogP contribution in [0.15, 0.2) is 30.3 Å². The zero-order chi connectivity index (χ0) is 26.6. The van der Waals surface area contributed by atoms with Crippen molar-refractivity contribution in [2.45, 2.75) is 103 Å². The summed E-state index contributed by atoms with van der Waals surface area (Å²) in [4.78, 5) is 11.7. The SMILES string of the molecule is CC(C)(C)C1CCC(Oc2ccc3cc(CNC45CCC(C(=O)O)(CC4)C5)ccc3c2C(F)(F)F)CC1. The van der Waals surface area contributed by atoms with Crippen LogP contribution in [0.5, 0.6) is 5.75 Å². The van der Waals surface area contributed by atoms with Gasteiger partial charge in [0.1, 0.15) is 11.3 Å². The fraction of sp³-hybridized carbons (Fsp3) is 0.633. The summed E-state index contributed by atoms with van der Waals surface area (Å²) >= 11 is 0. The van der Waals surface area contributed by atoms with Crippen molar-refractivity contribution in [3.8, 4) is 5.75 Å². The number of aliphatic carboxylic acids is 1. The smallest absolute Gasteiger partial charge is 0.420 e. The molecule has 0 radical (unpaired) electrons. The number of ether oxygens (including phenoxy) is 1. The minimum Gasteiger partial charge on any atom is -0.490 e. The van der Waals surface area contributed by atoms with E-state index in [-0.39, 0.29) is 28.2 Å². The molecular formula is C30H38F3NO3. The van der Waals surface area contributed by atoms with Gasteiger partial charge in [-0.05, 0) is 97.6 Å². The lowest BCUT2D eigenvalue weighted by Gasteiger charge is -2.37. The number of halogens is 3. The average molecular weight is 518 g/mol. The average Bonchev–Trinajstić information content (AvgIpc) is 3.40. The lowest BCUT2D eigenvalue weighted by molar-refractivity contribution is -0.148. The number of alkyl halides is 3. The van der Waals surface area contributed by atoms with E-state index in [9.17, 15) is 23.1 Å². The van der Waals surface area contributed by atoms with Gasteiger partial charge in [-0.25, -0.2) is 0 Å². The van der Waals surface area contributed by atoms with E-state index < -0.39 is 23.1 Å². The molecule has 202 valence electrons. The van der Waals surface area contributed by atoms with E-state index in [1.165, 1.54) is 6.07 Å². The van der Waals surface area contributed by atoms with Crippen LogP contribution in [0.2, 0.25) is 0 Å². The van der Waals surface area contributed by atoms with Crippen LogP contribution in [0.3, 0.4) is 0 Å². The molecule has 0 spiro atoms. The van der Waals surface area contributed by atoms with Gasteiger partial charge in [0.05, 0.1) is 11.5 Å². The molecular weight excluding hydrogens is 479 g/mol. The van der Waals surface area contributed by atoms with Gasteiger partial charge in [-0.2, -0.15) is 13.2 Å². The lowest BCUT2D eigenvalue weighted by Crippen LogP contribution is -2.40. The van der Waals surface area contributed by atoms with Crippen LogP contribution in [-0.4, -0.2) is 22.7 Å². The number of benzene rings is 2. The molecule has 0 atom stereocenters. The molecule has 2 bridgehead atoms. The predicted molar refractivity (Wildman–Crippen MR) is 138 cm³/mol. The van der Waals surface area contributed by atoms with Gasteiger partial charge in [0.25, 0.3) is 0 Å². The molecule has 0 aromatic heterocycles.